The van der Waals surface area contributed by atoms with Gasteiger partial charge in [0, 0.05) is 110 Å². The van der Waals surface area contributed by atoms with Crippen molar-refractivity contribution in [3.8, 4) is 50.5 Å². The van der Waals surface area contributed by atoms with Gasteiger partial charge in [-0.3, -0.25) is 14.4 Å². The second-order valence-corrected chi connectivity index (χ2v) is 37.5. The Balaban J connectivity index is 0.711. The Labute approximate surface area is 572 Å². The van der Waals surface area contributed by atoms with E-state index in [0.717, 1.165) is 76.3 Å². The highest BCUT2D eigenvalue weighted by molar-refractivity contribution is 7.39. The van der Waals surface area contributed by atoms with Crippen LogP contribution in [0.15, 0.2) is 66.7 Å². The van der Waals surface area contributed by atoms with Crippen molar-refractivity contribution in [3.05, 3.63) is 123 Å². The molecule has 0 fully saturated rings. The first-order valence-corrected chi connectivity index (χ1v) is 40.3. The molecule has 1 radical (unpaired) electrons. The van der Waals surface area contributed by atoms with Crippen LogP contribution in [0.3, 0.4) is 0 Å². The van der Waals surface area contributed by atoms with E-state index in [1.165, 1.54) is 150 Å². The van der Waals surface area contributed by atoms with Gasteiger partial charge in [-0.2, -0.15) is 0 Å². The number of rotatable bonds is 17. The Bertz CT molecular complexity index is 5550. The van der Waals surface area contributed by atoms with Crippen molar-refractivity contribution in [1.82, 2.24) is 0 Å². The molecule has 0 bridgehead atoms. The molecule has 0 aliphatic heterocycles. The van der Waals surface area contributed by atoms with Crippen molar-refractivity contribution in [2.45, 2.75) is 95.4 Å². The van der Waals surface area contributed by atoms with Crippen LogP contribution in [0, 0.1) is 41.5 Å². The summed E-state index contributed by atoms with van der Waals surface area (Å²) in [5, 5.41) is 11.0. The molecule has 16 rings (SSSR count). The third-order valence-corrected chi connectivity index (χ3v) is 33.7. The van der Waals surface area contributed by atoms with Crippen LogP contribution in [0.5, 0.6) is 11.5 Å². The Kier molecular flexibility index (Phi) is 15.1. The van der Waals surface area contributed by atoms with Crippen LogP contribution >= 0.6 is 147 Å². The zero-order valence-corrected chi connectivity index (χ0v) is 61.4. The molecule has 13 heterocycles. The van der Waals surface area contributed by atoms with Crippen molar-refractivity contribution in [3.63, 3.8) is 0 Å². The highest BCUT2D eigenvalue weighted by Gasteiger charge is 2.29. The molecular weight excluding hydrogens is 1360 g/mol. The SMILES string of the molecule is CCCOc1c2cc(-c3sc(Cc4cc5c(C)c6sc(-c7sc([B]c8ccc(-c9cc%10c(C)c%11sc(-c%12sc(C)c%13sc(C(C)=O)cc%12%13)cc%11c(C)c%10s9)s8)c8sc(C(C)=O)cc78)cc6c(C)c5s4)c4sc(C(C)=O)cc34)sc2c(OCCC)c2cc(C)sc12. The van der Waals surface area contributed by atoms with Crippen LogP contribution in [0.1, 0.15) is 118 Å². The van der Waals surface area contributed by atoms with Crippen LogP contribution in [0.25, 0.3) is 130 Å². The zero-order valence-electron chi connectivity index (χ0n) is 50.8. The van der Waals surface area contributed by atoms with Gasteiger partial charge in [-0.15, -0.1) is 147 Å². The van der Waals surface area contributed by atoms with E-state index in [1.54, 1.807) is 77.5 Å². The lowest BCUT2D eigenvalue weighted by atomic mass is 9.75. The van der Waals surface area contributed by atoms with Crippen molar-refractivity contribution in [2.75, 3.05) is 13.2 Å². The fourth-order valence-electron chi connectivity index (χ4n) is 12.5. The van der Waals surface area contributed by atoms with E-state index in [4.69, 9.17) is 9.47 Å². The number of hydrogen-bond acceptors (Lipinski definition) is 18. The van der Waals surface area contributed by atoms with E-state index >= 15 is 0 Å². The highest BCUT2D eigenvalue weighted by Crippen LogP contribution is 2.56. The van der Waals surface area contributed by atoms with E-state index in [9.17, 15) is 14.4 Å². The molecular formula is C71H54BO5S13. The molecule has 449 valence electrons. The second-order valence-electron chi connectivity index (χ2n) is 23.2. The van der Waals surface area contributed by atoms with E-state index in [-0.39, 0.29) is 17.3 Å². The summed E-state index contributed by atoms with van der Waals surface area (Å²) in [6.45, 7) is 24.1. The summed E-state index contributed by atoms with van der Waals surface area (Å²) in [6.07, 6.45) is 2.62. The van der Waals surface area contributed by atoms with Gasteiger partial charge >= 0.3 is 0 Å². The van der Waals surface area contributed by atoms with E-state index in [1.807, 2.05) is 90.7 Å². The molecule has 90 heavy (non-hydrogen) atoms. The number of hydrogen-bond donors (Lipinski definition) is 0. The quantitative estimate of drug-likeness (QED) is 0.0671. The molecule has 0 unspecified atom stereocenters. The number of carbonyl (C=O) groups is 3. The van der Waals surface area contributed by atoms with Crippen molar-refractivity contribution < 1.29 is 23.9 Å². The van der Waals surface area contributed by atoms with E-state index in [2.05, 4.69) is 129 Å². The summed E-state index contributed by atoms with van der Waals surface area (Å²) in [5.41, 5.74) is 5.25. The first-order valence-electron chi connectivity index (χ1n) is 29.7. The molecule has 3 aromatic carbocycles. The van der Waals surface area contributed by atoms with Gasteiger partial charge in [-0.1, -0.05) is 19.9 Å². The van der Waals surface area contributed by atoms with Gasteiger partial charge in [-0.25, -0.2) is 0 Å². The second kappa shape index (κ2) is 22.8. The van der Waals surface area contributed by atoms with Crippen LogP contribution in [0.4, 0.5) is 0 Å². The zero-order chi connectivity index (χ0) is 62.0. The van der Waals surface area contributed by atoms with Crippen molar-refractivity contribution in [1.29, 1.82) is 0 Å². The van der Waals surface area contributed by atoms with E-state index in [0.29, 0.717) is 13.2 Å². The Morgan fingerprint density at radius 3 is 1.43 bits per heavy atom. The molecule has 0 N–H and O–H groups in total. The van der Waals surface area contributed by atoms with Gasteiger partial charge in [0.05, 0.1) is 51.9 Å². The normalized spacial score (nSPS) is 12.3. The summed E-state index contributed by atoms with van der Waals surface area (Å²) >= 11 is 23.3. The first kappa shape index (κ1) is 59.8. The average Bonchev–Trinajstić information content (AvgIpc) is 1.59. The maximum atomic E-state index is 13.1. The molecule has 0 amide bonds. The monoisotopic (exact) mass is 1410 g/mol. The summed E-state index contributed by atoms with van der Waals surface area (Å²) in [7, 11) is 2.34. The van der Waals surface area contributed by atoms with Crippen molar-refractivity contribution in [2.24, 2.45) is 0 Å². The third kappa shape index (κ3) is 9.63. The number of ether oxygens (including phenoxy) is 2. The molecule has 0 saturated carbocycles. The first-order chi connectivity index (χ1) is 43.4. The van der Waals surface area contributed by atoms with Crippen LogP contribution in [0.2, 0.25) is 0 Å². The standard InChI is InChI=1S/C71H54BO5S13/c1-12-16-76-57-42-18-28(3)78-68(42)58(77-17-13-2)43-24-55(89-69(43)57)66-45-26-49(34(9)74)83-65(45)52(88-66)20-37-19-38-29(4)61-40(30(5)59(38)80-37)23-54(87-61)67-46-27-50(35(10)75)84-70(46)71(90-67)72-56-15-14-47(81-56)51-21-39-31(6)62-41(32(7)60(39)85-51)22-53(86-62)64-44-25-48(33(8)73)82-63(44)36(11)79-64/h14-15,18-19,21-27H,12-13,16-17,20H2,1-11H3. The van der Waals surface area contributed by atoms with Gasteiger partial charge in [0.25, 0.3) is 0 Å². The number of thiophene rings is 13. The number of Topliss-reactive ketones (excluding diaryl/α,β-unsaturated/α-hetero) is 3. The van der Waals surface area contributed by atoms with Crippen LogP contribution in [-0.2, 0) is 6.42 Å². The van der Waals surface area contributed by atoms with Gasteiger partial charge in [0.15, 0.2) is 17.3 Å². The maximum absolute atomic E-state index is 13.1. The average molecular weight is 1410 g/mol. The summed E-state index contributed by atoms with van der Waals surface area (Å²) in [6, 6.07) is 25.1. The predicted molar refractivity (Wildman–Crippen MR) is 409 cm³/mol. The molecule has 5 nitrogen and oxygen atoms in total. The van der Waals surface area contributed by atoms with E-state index < -0.39 is 0 Å². The number of fused-ring (bicyclic) bond motifs is 9. The van der Waals surface area contributed by atoms with Gasteiger partial charge in [-0.05, 0) is 189 Å². The number of aryl methyl sites for hydroxylation is 6. The predicted octanol–water partition coefficient (Wildman–Crippen LogP) is 24.8. The lowest BCUT2D eigenvalue weighted by Crippen LogP contribution is -2.21. The summed E-state index contributed by atoms with van der Waals surface area (Å²) < 4.78 is 26.8. The van der Waals surface area contributed by atoms with Crippen molar-refractivity contribution >= 4 is 272 Å². The molecule has 0 spiro atoms. The fourth-order valence-corrected chi connectivity index (χ4v) is 28.4. The van der Waals surface area contributed by atoms with Crippen LogP contribution < -0.4 is 19.0 Å². The Morgan fingerprint density at radius 2 is 0.844 bits per heavy atom. The molecule has 13 aromatic heterocycles. The maximum Gasteiger partial charge on any atom is 0.221 e. The van der Waals surface area contributed by atoms with Gasteiger partial charge in [0.1, 0.15) is 11.5 Å². The molecule has 19 heteroatoms. The molecule has 0 atom stereocenters. The fraction of sp³-hybridized carbons (Fsp3) is 0.225. The highest BCUT2D eigenvalue weighted by atomic mass is 32.1. The minimum absolute atomic E-state index is 0.0949. The topological polar surface area (TPSA) is 69.7 Å². The number of ketones is 3. The number of benzene rings is 3. The largest absolute Gasteiger partial charge is 0.491 e. The lowest BCUT2D eigenvalue weighted by molar-refractivity contribution is 0.101. The summed E-state index contributed by atoms with van der Waals surface area (Å²) in [5.74, 6) is 2.21. The Hall–Kier alpha value is -5.23. The van der Waals surface area contributed by atoms with Crippen LogP contribution in [-0.4, -0.2) is 37.8 Å². The van der Waals surface area contributed by atoms with Gasteiger partial charge < -0.3 is 9.47 Å². The smallest absolute Gasteiger partial charge is 0.221 e. The minimum Gasteiger partial charge on any atom is -0.491 e. The molecule has 0 aliphatic rings. The third-order valence-electron chi connectivity index (χ3n) is 17.0. The molecule has 0 saturated heterocycles. The lowest BCUT2D eigenvalue weighted by Gasteiger charge is -2.12. The molecule has 0 aliphatic carbocycles. The minimum atomic E-state index is 0.0949. The molecule has 16 aromatic rings. The Morgan fingerprint density at radius 1 is 0.389 bits per heavy atom. The van der Waals surface area contributed by atoms with Gasteiger partial charge in [0.2, 0.25) is 7.28 Å². The number of carbonyl (C=O) groups excluding carboxylic acids is 3. The summed E-state index contributed by atoms with van der Waals surface area (Å²) in [4.78, 5) is 56.0.